The Morgan fingerprint density at radius 3 is 3.08 bits per heavy atom. The van der Waals surface area contributed by atoms with Gasteiger partial charge >= 0.3 is 0 Å². The molecule has 1 aliphatic heterocycles. The monoisotopic (exact) mass is 188 g/mol. The van der Waals surface area contributed by atoms with Crippen LogP contribution in [0.4, 0.5) is 0 Å². The maximum Gasteiger partial charge on any atom is 0.139 e. The van der Waals surface area contributed by atoms with Gasteiger partial charge in [0.1, 0.15) is 5.78 Å². The van der Waals surface area contributed by atoms with Gasteiger partial charge in [-0.25, -0.2) is 0 Å². The molecule has 1 aliphatic rings. The topological polar surface area (TPSA) is 26.3 Å². The predicted molar refractivity (Wildman–Crippen MR) is 51.5 cm³/mol. The Kier molecular flexibility index (Phi) is 4.69. The third-order valence-corrected chi connectivity index (χ3v) is 3.24. The van der Waals surface area contributed by atoms with Crippen LogP contribution in [0.3, 0.4) is 0 Å². The number of carbonyl (C=O) groups excluding carboxylic acids is 1. The molecule has 0 aromatic carbocycles. The number of Topliss-reactive ketones (excluding diaryl/α,β-unsaturated/α-hetero) is 1. The molecule has 0 spiro atoms. The average molecular weight is 188 g/mol. The molecule has 1 saturated heterocycles. The number of ketones is 1. The molecule has 0 aliphatic carbocycles. The molecule has 0 aromatic heterocycles. The summed E-state index contributed by atoms with van der Waals surface area (Å²) < 4.78 is 5.14. The molecule has 1 atom stereocenters. The lowest BCUT2D eigenvalue weighted by molar-refractivity contribution is -0.123. The minimum atomic E-state index is 0.329. The Hall–Kier alpha value is -0.0200. The van der Waals surface area contributed by atoms with Gasteiger partial charge in [-0.2, -0.15) is 11.8 Å². The summed E-state index contributed by atoms with van der Waals surface area (Å²) in [5, 5.41) is 0. The molecule has 0 bridgehead atoms. The molecule has 12 heavy (non-hydrogen) atoms. The maximum absolute atomic E-state index is 11.4. The van der Waals surface area contributed by atoms with E-state index < -0.39 is 0 Å². The van der Waals surface area contributed by atoms with E-state index in [1.54, 1.807) is 0 Å². The van der Waals surface area contributed by atoms with Crippen LogP contribution < -0.4 is 0 Å². The van der Waals surface area contributed by atoms with Crippen molar-refractivity contribution in [2.24, 2.45) is 5.92 Å². The molecule has 0 radical (unpaired) electrons. The summed E-state index contributed by atoms with van der Waals surface area (Å²) >= 11 is 1.89. The van der Waals surface area contributed by atoms with Gasteiger partial charge in [-0.1, -0.05) is 0 Å². The first kappa shape index (κ1) is 10.1. The van der Waals surface area contributed by atoms with Crippen LogP contribution in [0.2, 0.25) is 0 Å². The van der Waals surface area contributed by atoms with Gasteiger partial charge in [0.15, 0.2) is 0 Å². The second kappa shape index (κ2) is 5.60. The third kappa shape index (κ3) is 3.15. The van der Waals surface area contributed by atoms with E-state index in [0.29, 0.717) is 31.3 Å². The number of thioether (sulfide) groups is 1. The quantitative estimate of drug-likeness (QED) is 0.615. The van der Waals surface area contributed by atoms with Gasteiger partial charge in [-0.3, -0.25) is 4.79 Å². The van der Waals surface area contributed by atoms with Crippen molar-refractivity contribution in [2.75, 3.05) is 24.7 Å². The SMILES string of the molecule is CCOCCC(=O)C1CCSC1. The Morgan fingerprint density at radius 2 is 2.50 bits per heavy atom. The van der Waals surface area contributed by atoms with Crippen molar-refractivity contribution in [1.29, 1.82) is 0 Å². The number of hydrogen-bond acceptors (Lipinski definition) is 3. The summed E-state index contributed by atoms with van der Waals surface area (Å²) in [6.45, 7) is 3.28. The number of rotatable bonds is 5. The molecule has 0 amide bonds. The molecule has 2 nitrogen and oxygen atoms in total. The Labute approximate surface area is 78.1 Å². The molecule has 3 heteroatoms. The van der Waals surface area contributed by atoms with Crippen molar-refractivity contribution in [1.82, 2.24) is 0 Å². The lowest BCUT2D eigenvalue weighted by Gasteiger charge is -2.06. The second-order valence-electron chi connectivity index (χ2n) is 2.97. The van der Waals surface area contributed by atoms with Crippen LogP contribution in [-0.4, -0.2) is 30.5 Å². The lowest BCUT2D eigenvalue weighted by atomic mass is 10.0. The van der Waals surface area contributed by atoms with Crippen LogP contribution in [0.15, 0.2) is 0 Å². The van der Waals surface area contributed by atoms with Crippen LogP contribution in [0.1, 0.15) is 19.8 Å². The Bertz CT molecular complexity index is 141. The van der Waals surface area contributed by atoms with E-state index in [1.807, 2.05) is 18.7 Å². The maximum atomic E-state index is 11.4. The highest BCUT2D eigenvalue weighted by atomic mass is 32.2. The fourth-order valence-corrected chi connectivity index (χ4v) is 2.56. The molecular formula is C9H16O2S. The largest absolute Gasteiger partial charge is 0.381 e. The summed E-state index contributed by atoms with van der Waals surface area (Å²) in [6, 6.07) is 0. The van der Waals surface area contributed by atoms with Crippen molar-refractivity contribution < 1.29 is 9.53 Å². The van der Waals surface area contributed by atoms with E-state index in [-0.39, 0.29) is 0 Å². The molecule has 0 aromatic rings. The third-order valence-electron chi connectivity index (χ3n) is 2.08. The summed E-state index contributed by atoms with van der Waals surface area (Å²) in [4.78, 5) is 11.4. The normalized spacial score (nSPS) is 22.9. The Morgan fingerprint density at radius 1 is 1.67 bits per heavy atom. The highest BCUT2D eigenvalue weighted by molar-refractivity contribution is 7.99. The van der Waals surface area contributed by atoms with Crippen LogP contribution >= 0.6 is 11.8 Å². The van der Waals surface area contributed by atoms with Crippen molar-refractivity contribution in [3.63, 3.8) is 0 Å². The average Bonchev–Trinajstić information content (AvgIpc) is 2.56. The van der Waals surface area contributed by atoms with Gasteiger partial charge in [-0.15, -0.1) is 0 Å². The van der Waals surface area contributed by atoms with Crippen molar-refractivity contribution >= 4 is 17.5 Å². The lowest BCUT2D eigenvalue weighted by Crippen LogP contribution is -2.15. The predicted octanol–water partition coefficient (Wildman–Crippen LogP) is 1.74. The highest BCUT2D eigenvalue weighted by Gasteiger charge is 2.22. The van der Waals surface area contributed by atoms with Crippen LogP contribution in [0, 0.1) is 5.92 Å². The summed E-state index contributed by atoms with van der Waals surface area (Å²) in [6.07, 6.45) is 1.69. The number of hydrogen-bond donors (Lipinski definition) is 0. The van der Waals surface area contributed by atoms with Gasteiger partial charge in [0, 0.05) is 24.7 Å². The van der Waals surface area contributed by atoms with Gasteiger partial charge < -0.3 is 4.74 Å². The van der Waals surface area contributed by atoms with E-state index in [2.05, 4.69) is 0 Å². The molecular weight excluding hydrogens is 172 g/mol. The van der Waals surface area contributed by atoms with Crippen molar-refractivity contribution in [3.8, 4) is 0 Å². The minimum Gasteiger partial charge on any atom is -0.381 e. The molecule has 0 N–H and O–H groups in total. The zero-order valence-electron chi connectivity index (χ0n) is 7.54. The fourth-order valence-electron chi connectivity index (χ4n) is 1.31. The zero-order valence-corrected chi connectivity index (χ0v) is 8.36. The van der Waals surface area contributed by atoms with E-state index in [0.717, 1.165) is 17.9 Å². The highest BCUT2D eigenvalue weighted by Crippen LogP contribution is 2.24. The summed E-state index contributed by atoms with van der Waals surface area (Å²) in [5.41, 5.74) is 0. The van der Waals surface area contributed by atoms with Crippen LogP contribution in [-0.2, 0) is 9.53 Å². The van der Waals surface area contributed by atoms with Gasteiger partial charge in [-0.05, 0) is 19.1 Å². The molecule has 0 saturated carbocycles. The van der Waals surface area contributed by atoms with E-state index >= 15 is 0 Å². The molecule has 1 fully saturated rings. The summed E-state index contributed by atoms with van der Waals surface area (Å²) in [5.74, 6) is 2.92. The number of carbonyl (C=O) groups is 1. The molecule has 1 rings (SSSR count). The first-order chi connectivity index (χ1) is 5.84. The van der Waals surface area contributed by atoms with Gasteiger partial charge in [0.2, 0.25) is 0 Å². The van der Waals surface area contributed by atoms with Crippen molar-refractivity contribution in [2.45, 2.75) is 19.8 Å². The van der Waals surface area contributed by atoms with E-state index in [4.69, 9.17) is 4.74 Å². The first-order valence-electron chi connectivity index (χ1n) is 4.52. The van der Waals surface area contributed by atoms with Crippen LogP contribution in [0.5, 0.6) is 0 Å². The Balaban J connectivity index is 2.10. The van der Waals surface area contributed by atoms with E-state index in [9.17, 15) is 4.79 Å². The fraction of sp³-hybridized carbons (Fsp3) is 0.889. The van der Waals surface area contributed by atoms with E-state index in [1.165, 1.54) is 0 Å². The second-order valence-corrected chi connectivity index (χ2v) is 4.12. The number of ether oxygens (including phenoxy) is 1. The summed E-state index contributed by atoms with van der Waals surface area (Å²) in [7, 11) is 0. The van der Waals surface area contributed by atoms with Crippen LogP contribution in [0.25, 0.3) is 0 Å². The molecule has 1 unspecified atom stereocenters. The molecule has 70 valence electrons. The standard InChI is InChI=1S/C9H16O2S/c1-2-11-5-3-9(10)8-4-6-12-7-8/h8H,2-7H2,1H3. The first-order valence-corrected chi connectivity index (χ1v) is 5.68. The van der Waals surface area contributed by atoms with Gasteiger partial charge in [0.25, 0.3) is 0 Å². The zero-order chi connectivity index (χ0) is 8.81. The van der Waals surface area contributed by atoms with Crippen molar-refractivity contribution in [3.05, 3.63) is 0 Å². The smallest absolute Gasteiger partial charge is 0.139 e. The molecule has 1 heterocycles. The van der Waals surface area contributed by atoms with Gasteiger partial charge in [0.05, 0.1) is 6.61 Å². The minimum absolute atomic E-state index is 0.329.